The van der Waals surface area contributed by atoms with Gasteiger partial charge in [0.25, 0.3) is 0 Å². The summed E-state index contributed by atoms with van der Waals surface area (Å²) in [5.41, 5.74) is 4.88. The van der Waals surface area contributed by atoms with E-state index in [4.69, 9.17) is 47.4 Å². The Morgan fingerprint density at radius 1 is 0.398 bits per heavy atom. The molecular weight excluding hydrogens is 1220 g/mol. The second-order valence-corrected chi connectivity index (χ2v) is 43.4. The summed E-state index contributed by atoms with van der Waals surface area (Å²) in [5.74, 6) is 2.25. The Hall–Kier alpha value is -0.820. The molecule has 5 aliphatic rings. The van der Waals surface area contributed by atoms with Gasteiger partial charge < -0.3 is 47.4 Å². The fourth-order valence-corrected chi connectivity index (χ4v) is 12.9. The normalized spacial score (nSPS) is 20.2. The van der Waals surface area contributed by atoms with Crippen LogP contribution in [0.15, 0.2) is 12.3 Å². The number of allylic oxidation sites excluding steroid dienone is 1. The van der Waals surface area contributed by atoms with Crippen LogP contribution >= 0.6 is 0 Å². The van der Waals surface area contributed by atoms with Crippen LogP contribution in [0.3, 0.4) is 0 Å². The first-order chi connectivity index (χ1) is 43.9. The van der Waals surface area contributed by atoms with Crippen LogP contribution in [0.25, 0.3) is 0 Å². The van der Waals surface area contributed by atoms with E-state index in [1.54, 1.807) is 28.4 Å². The van der Waals surface area contributed by atoms with Crippen LogP contribution in [-0.2, 0) is 47.4 Å². The van der Waals surface area contributed by atoms with Crippen molar-refractivity contribution in [3.05, 3.63) is 12.3 Å². The van der Waals surface area contributed by atoms with Gasteiger partial charge in [0.15, 0.2) is 6.29 Å². The van der Waals surface area contributed by atoms with Crippen molar-refractivity contribution >= 4 is 0 Å². The molecule has 0 spiro atoms. The SMILES string of the molecule is C=C(CCC(C)(C)C)OC.CC(C)(C)CC(C)(C)C.CC(C)(C)CC1(C)CCCO1.CC(C)(C)CC1CCCO1.CC(C)(C)CC1OCCO1.CC(C)(C)C[C@@H]1CCCO1.CC(C)(C)C[C@H]1CCCO1.CC(C)CC(C)(C)C.COCC(COC)CC(C)(C)C.COCCC(C)(C)C. The van der Waals surface area contributed by atoms with Crippen molar-refractivity contribution in [1.29, 1.82) is 0 Å². The second kappa shape index (κ2) is 51.4. The van der Waals surface area contributed by atoms with Crippen molar-refractivity contribution in [2.75, 3.05) is 87.9 Å². The van der Waals surface area contributed by atoms with Crippen LogP contribution in [0.5, 0.6) is 0 Å². The number of methoxy groups -OCH3 is 4. The van der Waals surface area contributed by atoms with Gasteiger partial charge in [-0.15, -0.1) is 0 Å². The van der Waals surface area contributed by atoms with E-state index in [-0.39, 0.29) is 11.9 Å². The summed E-state index contributed by atoms with van der Waals surface area (Å²) in [6.07, 6.45) is 24.7. The molecule has 0 bridgehead atoms. The van der Waals surface area contributed by atoms with Crippen molar-refractivity contribution in [3.8, 4) is 0 Å². The first-order valence-corrected chi connectivity index (χ1v) is 39.3. The highest BCUT2D eigenvalue weighted by Crippen LogP contribution is 2.37. The molecule has 5 heterocycles. The maximum absolute atomic E-state index is 5.72. The summed E-state index contributed by atoms with van der Waals surface area (Å²) >= 11 is 0. The van der Waals surface area contributed by atoms with Gasteiger partial charge >= 0.3 is 0 Å². The molecule has 10 nitrogen and oxygen atoms in total. The number of ether oxygens (including phenoxy) is 10. The van der Waals surface area contributed by atoms with Gasteiger partial charge in [-0.3, -0.25) is 0 Å². The minimum atomic E-state index is 0.0556. The van der Waals surface area contributed by atoms with Crippen molar-refractivity contribution in [1.82, 2.24) is 0 Å². The molecule has 0 radical (unpaired) electrons. The number of hydrogen-bond donors (Lipinski definition) is 0. The average Bonchev–Trinajstić information content (AvgIpc) is 1.94. The number of rotatable bonds is 16. The molecule has 0 aliphatic carbocycles. The third-order valence-electron chi connectivity index (χ3n) is 15.6. The summed E-state index contributed by atoms with van der Waals surface area (Å²) < 4.78 is 53.0. The lowest BCUT2D eigenvalue weighted by molar-refractivity contribution is -0.0654. The molecule has 0 N–H and O–H groups in total. The molecule has 0 aromatic rings. The van der Waals surface area contributed by atoms with Gasteiger partial charge in [0.05, 0.1) is 63.2 Å². The molecule has 0 saturated carbocycles. The minimum Gasteiger partial charge on any atom is -0.502 e. The lowest BCUT2D eigenvalue weighted by atomic mass is 9.78. The third kappa shape index (κ3) is 89.4. The van der Waals surface area contributed by atoms with Gasteiger partial charge in [-0.2, -0.15) is 0 Å². The highest BCUT2D eigenvalue weighted by atomic mass is 16.7. The largest absolute Gasteiger partial charge is 0.502 e. The molecule has 596 valence electrons. The van der Waals surface area contributed by atoms with Crippen LogP contribution in [0, 0.1) is 71.4 Å². The zero-order valence-electron chi connectivity index (χ0n) is 74.6. The van der Waals surface area contributed by atoms with E-state index >= 15 is 0 Å². The Morgan fingerprint density at radius 3 is 0.949 bits per heavy atom. The monoisotopic (exact) mass is 1400 g/mol. The molecule has 5 fully saturated rings. The van der Waals surface area contributed by atoms with E-state index in [0.29, 0.717) is 83.8 Å². The first-order valence-electron chi connectivity index (χ1n) is 39.3. The Kier molecular flexibility index (Phi) is 55.5. The molecule has 0 amide bonds. The van der Waals surface area contributed by atoms with Crippen molar-refractivity contribution in [3.63, 3.8) is 0 Å². The quantitative estimate of drug-likeness (QED) is 0.139. The molecule has 5 aliphatic heterocycles. The summed E-state index contributed by atoms with van der Waals surface area (Å²) in [4.78, 5) is 0. The molecule has 0 aromatic carbocycles. The average molecular weight is 1400 g/mol. The highest BCUT2D eigenvalue weighted by Gasteiger charge is 2.34. The molecule has 5 rings (SSSR count). The van der Waals surface area contributed by atoms with E-state index in [9.17, 15) is 0 Å². The summed E-state index contributed by atoms with van der Waals surface area (Å²) in [7, 11) is 6.90. The van der Waals surface area contributed by atoms with Crippen LogP contribution < -0.4 is 0 Å². The third-order valence-corrected chi connectivity index (χ3v) is 15.6. The lowest BCUT2D eigenvalue weighted by Gasteiger charge is -2.31. The van der Waals surface area contributed by atoms with Gasteiger partial charge in [0.2, 0.25) is 0 Å². The topological polar surface area (TPSA) is 92.3 Å². The summed E-state index contributed by atoms with van der Waals surface area (Å²) in [6, 6.07) is 0. The maximum atomic E-state index is 5.72. The Balaban J connectivity index is -0.000000328. The molecule has 5 saturated heterocycles. The van der Waals surface area contributed by atoms with Crippen LogP contribution in [0.2, 0.25) is 0 Å². The number of hydrogen-bond acceptors (Lipinski definition) is 10. The van der Waals surface area contributed by atoms with E-state index in [1.807, 2.05) is 0 Å². The van der Waals surface area contributed by atoms with Crippen LogP contribution in [0.4, 0.5) is 0 Å². The van der Waals surface area contributed by atoms with Gasteiger partial charge in [0.1, 0.15) is 0 Å². The second-order valence-electron chi connectivity index (χ2n) is 43.4. The lowest BCUT2D eigenvalue weighted by Crippen LogP contribution is -2.29. The van der Waals surface area contributed by atoms with Gasteiger partial charge in [-0.25, -0.2) is 0 Å². The summed E-state index contributed by atoms with van der Waals surface area (Å²) in [6.45, 7) is 92.9. The van der Waals surface area contributed by atoms with E-state index in [0.717, 1.165) is 103 Å². The smallest absolute Gasteiger partial charge is 0.158 e. The summed E-state index contributed by atoms with van der Waals surface area (Å²) in [5, 5.41) is 0. The van der Waals surface area contributed by atoms with Crippen molar-refractivity contribution in [2.24, 2.45) is 71.4 Å². The first kappa shape index (κ1) is 106. The Bertz CT molecular complexity index is 1670. The zero-order valence-corrected chi connectivity index (χ0v) is 74.6. The van der Waals surface area contributed by atoms with Gasteiger partial charge in [0, 0.05) is 73.1 Å². The van der Waals surface area contributed by atoms with E-state index in [1.165, 1.54) is 89.9 Å². The van der Waals surface area contributed by atoms with Crippen LogP contribution in [0.1, 0.15) is 371 Å². The molecule has 2 unspecified atom stereocenters. The van der Waals surface area contributed by atoms with E-state index in [2.05, 4.69) is 256 Å². The Labute approximate surface area is 617 Å². The fraction of sp³-hybridized carbons (Fsp3) is 0.977. The molecular formula is C88H184O10. The fourth-order valence-electron chi connectivity index (χ4n) is 12.9. The molecule has 0 aromatic heterocycles. The Morgan fingerprint density at radius 2 is 0.755 bits per heavy atom. The van der Waals surface area contributed by atoms with Gasteiger partial charge in [-0.05, 0) is 182 Å². The predicted molar refractivity (Wildman–Crippen MR) is 431 cm³/mol. The van der Waals surface area contributed by atoms with Crippen LogP contribution in [-0.4, -0.2) is 118 Å². The zero-order chi connectivity index (χ0) is 77.9. The standard InChI is InChI=1S/C10H22O2.C10H20O.4C9H18O.C9H20.C8H16O2.C8H18.C7H16O/c1-10(2,3)6-9(7-11-4)8-12-5;1-9(2,3)8-10(4)6-5-7-11-10;3*1-9(2,3)7-8-5-4-6-10-8;1-8(10-5)6-7-9(2,3)4;1-8(2,3)7-9(4,5)6;1-8(2,3)6-7-9-4-5-10-7;1-7(2)6-8(3,4)5;1-7(2,3)5-6-8-4/h9H,6-8H2,1-5H3;5-8H2,1-4H3;3*8H,4-7H2,1-3H3;1,6-7H2,2-5H3;7H2,1-6H3;7H,4-6H2,1-3H3;7H,6H2,1-5H3;5-6H2,1-4H3/t;;2*8-;;;;;;/m..10....../s1. The van der Waals surface area contributed by atoms with Gasteiger partial charge in [-0.1, -0.05) is 249 Å². The van der Waals surface area contributed by atoms with Crippen molar-refractivity contribution < 1.29 is 47.4 Å². The molecule has 98 heavy (non-hydrogen) atoms. The molecule has 4 atom stereocenters. The van der Waals surface area contributed by atoms with E-state index < -0.39 is 0 Å². The van der Waals surface area contributed by atoms with Crippen molar-refractivity contribution in [2.45, 2.75) is 401 Å². The predicted octanol–water partition coefficient (Wildman–Crippen LogP) is 26.5. The minimum absolute atomic E-state index is 0.0556. The maximum Gasteiger partial charge on any atom is 0.158 e. The molecule has 10 heteroatoms. The highest BCUT2D eigenvalue weighted by molar-refractivity contribution is 4.85.